The van der Waals surface area contributed by atoms with Crippen molar-refractivity contribution in [3.05, 3.63) is 64.7 Å². The van der Waals surface area contributed by atoms with E-state index in [4.69, 9.17) is 0 Å². The molecule has 0 radical (unpaired) electrons. The molecule has 1 saturated carbocycles. The Morgan fingerprint density at radius 3 is 2.44 bits per heavy atom. The summed E-state index contributed by atoms with van der Waals surface area (Å²) in [5, 5.41) is 2.91. The molecule has 1 aliphatic rings. The zero-order chi connectivity index (χ0) is 26.7. The fourth-order valence-electron chi connectivity index (χ4n) is 4.97. The molecule has 8 heteroatoms. The number of ketones is 1. The smallest absolute Gasteiger partial charge is 0.251 e. The van der Waals surface area contributed by atoms with Crippen LogP contribution in [0.25, 0.3) is 0 Å². The highest BCUT2D eigenvalue weighted by atomic mass is 19.3. The molecule has 1 N–H and O–H groups in total. The summed E-state index contributed by atoms with van der Waals surface area (Å²) in [5.41, 5.74) is 0.676. The Morgan fingerprint density at radius 2 is 1.92 bits per heavy atom. The van der Waals surface area contributed by atoms with Gasteiger partial charge in [-0.3, -0.25) is 14.6 Å². The first-order valence-corrected chi connectivity index (χ1v) is 12.4. The molecule has 1 fully saturated rings. The number of nitrogens with one attached hydrogen (secondary N) is 1. The highest BCUT2D eigenvalue weighted by molar-refractivity contribution is 5.96. The zero-order valence-corrected chi connectivity index (χ0v) is 21.7. The van der Waals surface area contributed by atoms with E-state index >= 15 is 0 Å². The zero-order valence-electron chi connectivity index (χ0n) is 21.7. The van der Waals surface area contributed by atoms with Crippen LogP contribution in [0.4, 0.5) is 13.2 Å². The van der Waals surface area contributed by atoms with Crippen LogP contribution < -0.4 is 5.32 Å². The Kier molecular flexibility index (Phi) is 8.59. The molecule has 1 aromatic heterocycles. The molecular weight excluding hydrogens is 467 g/mol. The molecule has 0 saturated heterocycles. The van der Waals surface area contributed by atoms with Gasteiger partial charge in [-0.15, -0.1) is 0 Å². The third kappa shape index (κ3) is 5.97. The van der Waals surface area contributed by atoms with Crippen LogP contribution in [-0.4, -0.2) is 54.2 Å². The molecule has 5 nitrogen and oxygen atoms in total. The summed E-state index contributed by atoms with van der Waals surface area (Å²) < 4.78 is 44.0. The van der Waals surface area contributed by atoms with E-state index in [1.54, 1.807) is 44.4 Å². The van der Waals surface area contributed by atoms with Crippen LogP contribution in [0.1, 0.15) is 72.5 Å². The summed E-state index contributed by atoms with van der Waals surface area (Å²) in [6, 6.07) is 6.58. The van der Waals surface area contributed by atoms with E-state index in [0.717, 1.165) is 12.5 Å². The Morgan fingerprint density at radius 1 is 1.22 bits per heavy atom. The average molecular weight is 504 g/mol. The maximum Gasteiger partial charge on any atom is 0.251 e. The standard InChI is InChI=1S/C28H36F3N3O2/c1-6-24(35)22-10-9-19(18(2)26(22)29)14-21(34(4)5)17-33-25(36)15-23(20-8-7-13-32-16-20)28(11-12-28)27(3,30)31/h7-10,13,16,21,23H,6,11-12,14-15,17H2,1-5H3,(H,33,36)/t21-,23-/m0/s1. The Balaban J connectivity index is 1.71. The molecule has 3 rings (SSSR count). The monoisotopic (exact) mass is 503 g/mol. The van der Waals surface area contributed by atoms with Gasteiger partial charge in [0.15, 0.2) is 5.78 Å². The number of Topliss-reactive ketones (excluding diaryl/α,β-unsaturated/α-hetero) is 1. The first-order chi connectivity index (χ1) is 16.9. The molecule has 2 atom stereocenters. The number of carbonyl (C=O) groups excluding carboxylic acids is 2. The van der Waals surface area contributed by atoms with Crippen molar-refractivity contribution in [2.45, 2.75) is 70.8 Å². The van der Waals surface area contributed by atoms with Crippen LogP contribution >= 0.6 is 0 Å². The minimum absolute atomic E-state index is 0.0588. The van der Waals surface area contributed by atoms with Gasteiger partial charge in [0, 0.05) is 49.2 Å². The van der Waals surface area contributed by atoms with Crippen LogP contribution in [0.3, 0.4) is 0 Å². The van der Waals surface area contributed by atoms with Gasteiger partial charge in [0.25, 0.3) is 5.92 Å². The molecular formula is C28H36F3N3O2. The lowest BCUT2D eigenvalue weighted by Gasteiger charge is -2.32. The van der Waals surface area contributed by atoms with E-state index in [0.29, 0.717) is 30.4 Å². The van der Waals surface area contributed by atoms with Crippen LogP contribution in [0.2, 0.25) is 0 Å². The lowest BCUT2D eigenvalue weighted by atomic mass is 9.77. The van der Waals surface area contributed by atoms with Gasteiger partial charge in [-0.1, -0.05) is 19.1 Å². The Bertz CT molecular complexity index is 1080. The Labute approximate surface area is 211 Å². The molecule has 1 aliphatic carbocycles. The number of aromatic nitrogens is 1. The topological polar surface area (TPSA) is 62.3 Å². The van der Waals surface area contributed by atoms with Crippen LogP contribution in [0, 0.1) is 18.2 Å². The molecule has 36 heavy (non-hydrogen) atoms. The van der Waals surface area contributed by atoms with Crippen molar-refractivity contribution in [3.8, 4) is 0 Å². The maximum absolute atomic E-state index is 14.8. The molecule has 1 amide bonds. The number of carbonyl (C=O) groups is 2. The van der Waals surface area contributed by atoms with Gasteiger partial charge >= 0.3 is 0 Å². The van der Waals surface area contributed by atoms with E-state index in [1.165, 1.54) is 6.07 Å². The molecule has 1 heterocycles. The number of hydrogen-bond acceptors (Lipinski definition) is 4. The van der Waals surface area contributed by atoms with Crippen molar-refractivity contribution in [2.24, 2.45) is 5.41 Å². The summed E-state index contributed by atoms with van der Waals surface area (Å²) in [4.78, 5) is 31.0. The summed E-state index contributed by atoms with van der Waals surface area (Å²) in [7, 11) is 3.74. The summed E-state index contributed by atoms with van der Waals surface area (Å²) in [6.45, 7) is 4.56. The van der Waals surface area contributed by atoms with Crippen molar-refractivity contribution in [3.63, 3.8) is 0 Å². The molecule has 0 unspecified atom stereocenters. The second-order valence-corrected chi connectivity index (χ2v) is 10.2. The van der Waals surface area contributed by atoms with Gasteiger partial charge < -0.3 is 10.2 Å². The highest BCUT2D eigenvalue weighted by Crippen LogP contribution is 2.65. The van der Waals surface area contributed by atoms with Gasteiger partial charge in [0.2, 0.25) is 5.91 Å². The molecule has 0 bridgehead atoms. The highest BCUT2D eigenvalue weighted by Gasteiger charge is 2.63. The largest absolute Gasteiger partial charge is 0.355 e. The molecule has 196 valence electrons. The quantitative estimate of drug-likeness (QED) is 0.398. The predicted octanol–water partition coefficient (Wildman–Crippen LogP) is 5.32. The second kappa shape index (κ2) is 11.1. The van der Waals surface area contributed by atoms with Gasteiger partial charge in [0.05, 0.1) is 5.56 Å². The van der Waals surface area contributed by atoms with E-state index < -0.39 is 23.1 Å². The summed E-state index contributed by atoms with van der Waals surface area (Å²) in [6.07, 6.45) is 4.51. The van der Waals surface area contributed by atoms with Gasteiger partial charge in [-0.25, -0.2) is 13.2 Å². The molecule has 2 aromatic rings. The third-order valence-corrected chi connectivity index (χ3v) is 7.65. The molecule has 0 aliphatic heterocycles. The second-order valence-electron chi connectivity index (χ2n) is 10.2. The van der Waals surface area contributed by atoms with Crippen molar-refractivity contribution in [1.29, 1.82) is 0 Å². The predicted molar refractivity (Wildman–Crippen MR) is 134 cm³/mol. The minimum atomic E-state index is -2.91. The van der Waals surface area contributed by atoms with Crippen molar-refractivity contribution in [1.82, 2.24) is 15.2 Å². The summed E-state index contributed by atoms with van der Waals surface area (Å²) >= 11 is 0. The number of benzene rings is 1. The van der Waals surface area contributed by atoms with Crippen molar-refractivity contribution in [2.75, 3.05) is 20.6 Å². The number of likely N-dealkylation sites (N-methyl/N-ethyl adjacent to an activating group) is 1. The number of alkyl halides is 2. The van der Waals surface area contributed by atoms with Crippen molar-refractivity contribution < 1.29 is 22.8 Å². The van der Waals surface area contributed by atoms with Crippen molar-refractivity contribution >= 4 is 11.7 Å². The number of amides is 1. The maximum atomic E-state index is 14.8. The molecule has 1 aromatic carbocycles. The van der Waals surface area contributed by atoms with E-state index in [-0.39, 0.29) is 42.7 Å². The lowest BCUT2D eigenvalue weighted by molar-refractivity contribution is -0.123. The number of nitrogens with zero attached hydrogens (tertiary/aromatic N) is 2. The number of halogens is 3. The first-order valence-electron chi connectivity index (χ1n) is 12.4. The van der Waals surface area contributed by atoms with E-state index in [9.17, 15) is 22.8 Å². The average Bonchev–Trinajstić information content (AvgIpc) is 3.65. The number of rotatable bonds is 12. The minimum Gasteiger partial charge on any atom is -0.355 e. The van der Waals surface area contributed by atoms with Crippen LogP contribution in [0.15, 0.2) is 36.7 Å². The normalized spacial score (nSPS) is 16.5. The van der Waals surface area contributed by atoms with Crippen LogP contribution in [0.5, 0.6) is 0 Å². The fourth-order valence-corrected chi connectivity index (χ4v) is 4.97. The number of hydrogen-bond donors (Lipinski definition) is 1. The Hall–Kier alpha value is -2.74. The number of pyridine rings is 1. The SMILES string of the molecule is CCC(=O)c1ccc(C[C@@H](CNC(=O)C[C@@H](c2cccnc2)C2(C(C)(F)F)CC2)N(C)C)c(C)c1F. The van der Waals surface area contributed by atoms with Gasteiger partial charge in [-0.05, 0) is 76.0 Å². The lowest BCUT2D eigenvalue weighted by Crippen LogP contribution is -2.43. The summed E-state index contributed by atoms with van der Waals surface area (Å²) in [5.74, 6) is -4.60. The van der Waals surface area contributed by atoms with Crippen LogP contribution in [-0.2, 0) is 11.2 Å². The first kappa shape index (κ1) is 27.8. The molecule has 0 spiro atoms. The fraction of sp³-hybridized carbons (Fsp3) is 0.536. The van der Waals surface area contributed by atoms with Gasteiger partial charge in [0.1, 0.15) is 5.82 Å². The van der Waals surface area contributed by atoms with E-state index in [2.05, 4.69) is 10.3 Å². The van der Waals surface area contributed by atoms with E-state index in [1.807, 2.05) is 19.0 Å². The third-order valence-electron chi connectivity index (χ3n) is 7.65. The van der Waals surface area contributed by atoms with Gasteiger partial charge in [-0.2, -0.15) is 0 Å².